The van der Waals surface area contributed by atoms with Gasteiger partial charge in [-0.05, 0) is 104 Å². The third-order valence-corrected chi connectivity index (χ3v) is 11.3. The van der Waals surface area contributed by atoms with Gasteiger partial charge in [0.1, 0.15) is 0 Å². The van der Waals surface area contributed by atoms with Gasteiger partial charge in [0, 0.05) is 5.92 Å². The molecular formula is C27H47NO2. The maximum atomic E-state index is 12.3. The van der Waals surface area contributed by atoms with Crippen molar-refractivity contribution in [3.63, 3.8) is 0 Å². The summed E-state index contributed by atoms with van der Waals surface area (Å²) in [5.41, 5.74) is 6.67. The van der Waals surface area contributed by atoms with Gasteiger partial charge in [0.2, 0.25) is 5.91 Å². The number of fused-ring (bicyclic) bond motifs is 5. The molecule has 0 bridgehead atoms. The zero-order valence-corrected chi connectivity index (χ0v) is 20.3. The number of amides is 1. The van der Waals surface area contributed by atoms with Crippen LogP contribution in [0.15, 0.2) is 0 Å². The van der Waals surface area contributed by atoms with Crippen LogP contribution in [0, 0.1) is 51.8 Å². The number of rotatable bonds is 4. The van der Waals surface area contributed by atoms with Crippen molar-refractivity contribution in [3.8, 4) is 0 Å². The lowest BCUT2D eigenvalue weighted by atomic mass is 9.36. The molecule has 9 unspecified atom stereocenters. The van der Waals surface area contributed by atoms with E-state index in [4.69, 9.17) is 5.73 Å². The van der Waals surface area contributed by atoms with E-state index in [-0.39, 0.29) is 23.3 Å². The Morgan fingerprint density at radius 1 is 0.933 bits per heavy atom. The van der Waals surface area contributed by atoms with Gasteiger partial charge >= 0.3 is 0 Å². The van der Waals surface area contributed by atoms with E-state index in [1.807, 2.05) is 0 Å². The van der Waals surface area contributed by atoms with E-state index in [0.717, 1.165) is 24.7 Å². The van der Waals surface area contributed by atoms with Crippen LogP contribution in [0.25, 0.3) is 0 Å². The molecule has 0 radical (unpaired) electrons. The summed E-state index contributed by atoms with van der Waals surface area (Å²) in [6.07, 6.45) is 13.0. The van der Waals surface area contributed by atoms with E-state index in [1.165, 1.54) is 57.8 Å². The summed E-state index contributed by atoms with van der Waals surface area (Å²) < 4.78 is 0. The maximum Gasteiger partial charge on any atom is 0.220 e. The fraction of sp³-hybridized carbons (Fsp3) is 0.963. The van der Waals surface area contributed by atoms with Gasteiger partial charge < -0.3 is 10.8 Å². The van der Waals surface area contributed by atoms with Crippen molar-refractivity contribution in [2.75, 3.05) is 0 Å². The predicted molar refractivity (Wildman–Crippen MR) is 123 cm³/mol. The molecule has 0 aromatic heterocycles. The number of primary amides is 1. The molecule has 3 nitrogen and oxygen atoms in total. The smallest absolute Gasteiger partial charge is 0.220 e. The predicted octanol–water partition coefficient (Wildman–Crippen LogP) is 5.93. The topological polar surface area (TPSA) is 63.3 Å². The fourth-order valence-electron chi connectivity index (χ4n) is 9.87. The molecule has 9 atom stereocenters. The van der Waals surface area contributed by atoms with Crippen LogP contribution in [-0.4, -0.2) is 17.1 Å². The number of carbonyl (C=O) groups is 1. The zero-order chi connectivity index (χ0) is 21.9. The Morgan fingerprint density at radius 2 is 1.63 bits per heavy atom. The van der Waals surface area contributed by atoms with Gasteiger partial charge in [0.25, 0.3) is 0 Å². The number of aliphatic hydroxyl groups is 1. The molecule has 3 N–H and O–H groups in total. The van der Waals surface area contributed by atoms with E-state index >= 15 is 0 Å². The second kappa shape index (κ2) is 7.78. The van der Waals surface area contributed by atoms with Crippen LogP contribution in [0.1, 0.15) is 105 Å². The highest BCUT2D eigenvalue weighted by atomic mass is 16.3. The normalized spacial score (nSPS) is 50.1. The summed E-state index contributed by atoms with van der Waals surface area (Å²) in [7, 11) is 0. The Morgan fingerprint density at radius 3 is 2.30 bits per heavy atom. The Balaban J connectivity index is 1.64. The lowest BCUT2D eigenvalue weighted by Gasteiger charge is -2.68. The SMILES string of the molecule is CCCCC1C(C(N)=O)CCC2C1CCC1C2(C)CCC2C(C)(C)C(O)CCC21C. The number of carbonyl (C=O) groups excluding carboxylic acids is 1. The number of hydrogen-bond acceptors (Lipinski definition) is 2. The second-order valence-corrected chi connectivity index (χ2v) is 12.8. The van der Waals surface area contributed by atoms with Crippen molar-refractivity contribution in [2.45, 2.75) is 111 Å². The minimum atomic E-state index is -0.152. The van der Waals surface area contributed by atoms with E-state index in [2.05, 4.69) is 34.6 Å². The van der Waals surface area contributed by atoms with Crippen molar-refractivity contribution in [2.24, 2.45) is 57.5 Å². The van der Waals surface area contributed by atoms with Gasteiger partial charge in [-0.25, -0.2) is 0 Å². The minimum absolute atomic E-state index is 0.0263. The second-order valence-electron chi connectivity index (χ2n) is 12.8. The van der Waals surface area contributed by atoms with E-state index < -0.39 is 0 Å². The number of aliphatic hydroxyl groups excluding tert-OH is 1. The van der Waals surface area contributed by atoms with Gasteiger partial charge in [-0.3, -0.25) is 4.79 Å². The molecule has 4 fully saturated rings. The standard InChI is InChI=1S/C27H47NO2/c1-6-7-8-17-18-10-12-22-26(4,20(18)11-9-19(17)24(28)30)15-13-21-25(2,3)23(29)14-16-27(21,22)5/h17-23,29H,6-16H2,1-5H3,(H2,28,30). The summed E-state index contributed by atoms with van der Waals surface area (Å²) in [5, 5.41) is 10.8. The van der Waals surface area contributed by atoms with Crippen LogP contribution in [0.3, 0.4) is 0 Å². The first-order valence-corrected chi connectivity index (χ1v) is 13.0. The first kappa shape index (κ1) is 22.6. The number of hydrogen-bond donors (Lipinski definition) is 2. The molecule has 1 amide bonds. The van der Waals surface area contributed by atoms with Gasteiger partial charge in [-0.15, -0.1) is 0 Å². The third kappa shape index (κ3) is 3.20. The Labute approximate surface area is 185 Å². The average molecular weight is 418 g/mol. The average Bonchev–Trinajstić information content (AvgIpc) is 2.68. The summed E-state index contributed by atoms with van der Waals surface area (Å²) in [6, 6.07) is 0. The molecule has 4 saturated carbocycles. The summed E-state index contributed by atoms with van der Waals surface area (Å²) in [4.78, 5) is 12.3. The monoisotopic (exact) mass is 417 g/mol. The summed E-state index contributed by atoms with van der Waals surface area (Å²) >= 11 is 0. The quantitative estimate of drug-likeness (QED) is 0.595. The molecule has 172 valence electrons. The van der Waals surface area contributed by atoms with E-state index in [0.29, 0.717) is 28.6 Å². The molecule has 0 spiro atoms. The van der Waals surface area contributed by atoms with Crippen molar-refractivity contribution in [1.82, 2.24) is 0 Å². The molecule has 0 aromatic rings. The molecule has 0 aromatic carbocycles. The summed E-state index contributed by atoms with van der Waals surface area (Å²) in [6.45, 7) is 12.1. The van der Waals surface area contributed by atoms with Crippen LogP contribution >= 0.6 is 0 Å². The molecule has 4 rings (SSSR count). The largest absolute Gasteiger partial charge is 0.393 e. The van der Waals surface area contributed by atoms with Crippen molar-refractivity contribution in [3.05, 3.63) is 0 Å². The molecule has 3 heteroatoms. The summed E-state index contributed by atoms with van der Waals surface area (Å²) in [5.74, 6) is 3.39. The molecule has 4 aliphatic carbocycles. The van der Waals surface area contributed by atoms with Crippen LogP contribution in [-0.2, 0) is 4.79 Å². The van der Waals surface area contributed by atoms with Crippen LogP contribution in [0.2, 0.25) is 0 Å². The molecule has 0 saturated heterocycles. The van der Waals surface area contributed by atoms with Crippen LogP contribution < -0.4 is 5.73 Å². The van der Waals surface area contributed by atoms with Crippen molar-refractivity contribution >= 4 is 5.91 Å². The highest BCUT2D eigenvalue weighted by molar-refractivity contribution is 5.77. The first-order valence-electron chi connectivity index (χ1n) is 13.0. The van der Waals surface area contributed by atoms with Gasteiger partial charge in [0.15, 0.2) is 0 Å². The van der Waals surface area contributed by atoms with E-state index in [1.54, 1.807) is 0 Å². The Bertz CT molecular complexity index is 659. The van der Waals surface area contributed by atoms with Crippen molar-refractivity contribution < 1.29 is 9.90 Å². The zero-order valence-electron chi connectivity index (χ0n) is 20.3. The molecule has 0 heterocycles. The van der Waals surface area contributed by atoms with Crippen LogP contribution in [0.4, 0.5) is 0 Å². The lowest BCUT2D eigenvalue weighted by Crippen LogP contribution is -2.63. The first-order chi connectivity index (χ1) is 14.1. The molecule has 4 aliphatic rings. The van der Waals surface area contributed by atoms with E-state index in [9.17, 15) is 9.90 Å². The lowest BCUT2D eigenvalue weighted by molar-refractivity contribution is -0.211. The third-order valence-electron chi connectivity index (χ3n) is 11.3. The van der Waals surface area contributed by atoms with Crippen LogP contribution in [0.5, 0.6) is 0 Å². The maximum absolute atomic E-state index is 12.3. The molecule has 0 aliphatic heterocycles. The van der Waals surface area contributed by atoms with Gasteiger partial charge in [-0.1, -0.05) is 47.5 Å². The Hall–Kier alpha value is -0.570. The number of unbranched alkanes of at least 4 members (excludes halogenated alkanes) is 1. The Kier molecular flexibility index (Phi) is 5.87. The highest BCUT2D eigenvalue weighted by Gasteiger charge is 2.64. The van der Waals surface area contributed by atoms with Gasteiger partial charge in [0.05, 0.1) is 6.10 Å². The fourth-order valence-corrected chi connectivity index (χ4v) is 9.87. The molecular weight excluding hydrogens is 370 g/mol. The molecule has 30 heavy (non-hydrogen) atoms. The van der Waals surface area contributed by atoms with Crippen molar-refractivity contribution in [1.29, 1.82) is 0 Å². The number of nitrogens with two attached hydrogens (primary N) is 1. The highest BCUT2D eigenvalue weighted by Crippen LogP contribution is 2.71. The minimum Gasteiger partial charge on any atom is -0.393 e. The van der Waals surface area contributed by atoms with Gasteiger partial charge in [-0.2, -0.15) is 0 Å².